The van der Waals surface area contributed by atoms with Crippen molar-refractivity contribution in [2.24, 2.45) is 5.92 Å². The first-order valence-corrected chi connectivity index (χ1v) is 13.5. The number of ether oxygens (including phenoxy) is 1. The van der Waals surface area contributed by atoms with Gasteiger partial charge in [0.25, 0.3) is 5.56 Å². The predicted octanol–water partition coefficient (Wildman–Crippen LogP) is 5.06. The molecule has 3 atom stereocenters. The summed E-state index contributed by atoms with van der Waals surface area (Å²) >= 11 is 7.33. The van der Waals surface area contributed by atoms with Crippen LogP contribution in [0.1, 0.15) is 35.8 Å². The molecule has 1 amide bonds. The molecule has 5 rings (SSSR count). The molecule has 0 spiro atoms. The lowest BCUT2D eigenvalue weighted by Crippen LogP contribution is -2.48. The molecule has 1 aromatic heterocycles. The van der Waals surface area contributed by atoms with Crippen molar-refractivity contribution in [2.45, 2.75) is 31.1 Å². The van der Waals surface area contributed by atoms with Gasteiger partial charge in [0.1, 0.15) is 15.3 Å². The van der Waals surface area contributed by atoms with Gasteiger partial charge in [0.2, 0.25) is 5.91 Å². The van der Waals surface area contributed by atoms with Gasteiger partial charge in [-0.15, -0.1) is 0 Å². The van der Waals surface area contributed by atoms with Gasteiger partial charge in [-0.25, -0.2) is 0 Å². The van der Waals surface area contributed by atoms with Gasteiger partial charge >= 0.3 is 0 Å². The van der Waals surface area contributed by atoms with Crippen molar-refractivity contribution in [1.29, 1.82) is 0 Å². The number of likely N-dealkylation sites (tertiary alicyclic amines) is 1. The number of aromatic nitrogens is 1. The minimum atomic E-state index is -0.509. The van der Waals surface area contributed by atoms with E-state index in [1.54, 1.807) is 6.07 Å². The van der Waals surface area contributed by atoms with Crippen molar-refractivity contribution in [3.05, 3.63) is 94.4 Å². The van der Waals surface area contributed by atoms with Crippen LogP contribution >= 0.6 is 24.0 Å². The molecule has 0 unspecified atom stereocenters. The summed E-state index contributed by atoms with van der Waals surface area (Å²) in [7, 11) is 0. The fraction of sp³-hybridized carbons (Fsp3) is 0.321. The number of thioether (sulfide) groups is 1. The third-order valence-electron chi connectivity index (χ3n) is 6.74. The zero-order valence-electron chi connectivity index (χ0n) is 20.1. The number of rotatable bonds is 6. The lowest BCUT2D eigenvalue weighted by atomic mass is 9.83. The fourth-order valence-corrected chi connectivity index (χ4v) is 6.57. The Hall–Kier alpha value is -3.10. The second kappa shape index (κ2) is 10.9. The maximum absolute atomic E-state index is 13.6. The largest absolute Gasteiger partial charge is 0.492 e. The number of fused-ring (bicyclic) bond motifs is 4. The first kappa shape index (κ1) is 24.6. The summed E-state index contributed by atoms with van der Waals surface area (Å²) in [5.41, 5.74) is 2.69. The van der Waals surface area contributed by atoms with E-state index in [-0.39, 0.29) is 17.4 Å². The number of amides is 1. The molecule has 2 aromatic carbocycles. The summed E-state index contributed by atoms with van der Waals surface area (Å²) in [6, 6.07) is 22.7. The van der Waals surface area contributed by atoms with Gasteiger partial charge in [-0.05, 0) is 43.0 Å². The van der Waals surface area contributed by atoms with Crippen LogP contribution < -0.4 is 15.6 Å². The van der Waals surface area contributed by atoms with Crippen LogP contribution in [-0.4, -0.2) is 39.4 Å². The molecule has 0 radical (unpaired) electrons. The minimum absolute atomic E-state index is 0.0701. The average Bonchev–Trinajstić information content (AvgIpc) is 2.89. The summed E-state index contributed by atoms with van der Waals surface area (Å²) < 4.78 is 8.33. The molecule has 3 aromatic rings. The summed E-state index contributed by atoms with van der Waals surface area (Å²) in [6.45, 7) is 4.69. The van der Waals surface area contributed by atoms with E-state index in [0.717, 1.165) is 30.8 Å². The van der Waals surface area contributed by atoms with Gasteiger partial charge in [0.15, 0.2) is 0 Å². The molecule has 186 valence electrons. The van der Waals surface area contributed by atoms with Gasteiger partial charge in [0, 0.05) is 37.3 Å². The van der Waals surface area contributed by atoms with Crippen LogP contribution in [0.2, 0.25) is 0 Å². The Morgan fingerprint density at radius 3 is 2.64 bits per heavy atom. The number of pyridine rings is 1. The monoisotopic (exact) mass is 519 g/mol. The molecule has 2 aliphatic rings. The minimum Gasteiger partial charge on any atom is -0.492 e. The van der Waals surface area contributed by atoms with Gasteiger partial charge in [-0.2, -0.15) is 0 Å². The molecule has 2 aliphatic heterocycles. The highest BCUT2D eigenvalue weighted by Crippen LogP contribution is 2.39. The molecular weight excluding hydrogens is 490 g/mol. The number of nitrogens with one attached hydrogen (secondary N) is 1. The second-order valence-corrected chi connectivity index (χ2v) is 10.9. The van der Waals surface area contributed by atoms with E-state index < -0.39 is 5.25 Å². The van der Waals surface area contributed by atoms with Crippen molar-refractivity contribution in [3.63, 3.8) is 0 Å². The number of carbonyl (C=O) groups is 1. The van der Waals surface area contributed by atoms with E-state index in [1.807, 2.05) is 72.2 Å². The quantitative estimate of drug-likeness (QED) is 0.459. The van der Waals surface area contributed by atoms with Crippen LogP contribution in [0.25, 0.3) is 0 Å². The molecule has 0 aliphatic carbocycles. The maximum atomic E-state index is 13.6. The van der Waals surface area contributed by atoms with Crippen LogP contribution in [0.3, 0.4) is 0 Å². The number of carbonyl (C=O) groups excluding carboxylic acids is 1. The lowest BCUT2D eigenvalue weighted by molar-refractivity contribution is -0.115. The first-order valence-electron chi connectivity index (χ1n) is 12.3. The number of hydrogen-bond acceptors (Lipinski definition) is 5. The number of nitrogens with zero attached hydrogens (tertiary/aromatic N) is 2. The molecule has 0 saturated carbocycles. The Labute approximate surface area is 220 Å². The van der Waals surface area contributed by atoms with E-state index in [1.165, 1.54) is 11.8 Å². The molecule has 1 saturated heterocycles. The first-order chi connectivity index (χ1) is 17.5. The normalized spacial score (nSPS) is 19.2. The van der Waals surface area contributed by atoms with E-state index >= 15 is 0 Å². The molecule has 8 heteroatoms. The van der Waals surface area contributed by atoms with Gasteiger partial charge in [-0.3, -0.25) is 9.59 Å². The Kier molecular flexibility index (Phi) is 7.43. The zero-order valence-corrected chi connectivity index (χ0v) is 21.8. The number of hydrogen-bond donors (Lipinski definition) is 1. The number of para-hydroxylation sites is 2. The van der Waals surface area contributed by atoms with Crippen molar-refractivity contribution in [2.75, 3.05) is 25.0 Å². The van der Waals surface area contributed by atoms with Gasteiger partial charge in [0.05, 0.1) is 12.3 Å². The van der Waals surface area contributed by atoms with Crippen molar-refractivity contribution in [3.8, 4) is 5.75 Å². The number of thiocarbonyl (C=S) groups is 1. The van der Waals surface area contributed by atoms with Crippen LogP contribution in [0, 0.1) is 5.92 Å². The van der Waals surface area contributed by atoms with Crippen LogP contribution in [0.15, 0.2) is 77.6 Å². The molecular formula is C28H29N3O3S2. The van der Waals surface area contributed by atoms with E-state index in [4.69, 9.17) is 17.0 Å². The molecule has 3 heterocycles. The Bertz CT molecular complexity index is 1310. The van der Waals surface area contributed by atoms with Crippen molar-refractivity contribution >= 4 is 39.9 Å². The van der Waals surface area contributed by atoms with Gasteiger partial charge in [-0.1, -0.05) is 72.5 Å². The highest BCUT2D eigenvalue weighted by molar-refractivity contribution is 8.23. The molecule has 1 N–H and O–H groups in total. The second-order valence-electron chi connectivity index (χ2n) is 9.20. The third kappa shape index (κ3) is 5.20. The molecule has 1 fully saturated rings. The Balaban J connectivity index is 1.35. The molecule has 36 heavy (non-hydrogen) atoms. The molecule has 6 nitrogen and oxygen atoms in total. The zero-order chi connectivity index (χ0) is 25.1. The Morgan fingerprint density at radius 2 is 1.83 bits per heavy atom. The maximum Gasteiger partial charge on any atom is 0.250 e. The summed E-state index contributed by atoms with van der Waals surface area (Å²) in [4.78, 5) is 28.2. The van der Waals surface area contributed by atoms with Gasteiger partial charge < -0.3 is 19.5 Å². The standard InChI is InChI=1S/C28H29N3O3S2/c1-2-34-24-13-7-6-11-22(24)29-27(33)26(20-9-4-3-5-10-20)36-28(35)30-16-19-15-21(18-30)23-12-8-14-25(32)31(23)17-19/h3-14,19,21,26H,2,15-18H2,1H3,(H,29,33)/t19-,21-,26+/m0/s1. The molecule has 2 bridgehead atoms. The van der Waals surface area contributed by atoms with E-state index in [0.29, 0.717) is 34.8 Å². The van der Waals surface area contributed by atoms with Crippen LogP contribution in [-0.2, 0) is 11.3 Å². The van der Waals surface area contributed by atoms with Crippen LogP contribution in [0.5, 0.6) is 5.75 Å². The summed E-state index contributed by atoms with van der Waals surface area (Å²) in [5, 5.41) is 2.55. The highest BCUT2D eigenvalue weighted by Gasteiger charge is 2.36. The van der Waals surface area contributed by atoms with Crippen molar-refractivity contribution < 1.29 is 9.53 Å². The summed E-state index contributed by atoms with van der Waals surface area (Å²) in [6.07, 6.45) is 1.06. The Morgan fingerprint density at radius 1 is 1.06 bits per heavy atom. The average molecular weight is 520 g/mol. The SMILES string of the molecule is CCOc1ccccc1NC(=O)[C@H](SC(=S)N1C[C@@H]2C[C@@H](C1)c1cccc(=O)n1C2)c1ccccc1. The predicted molar refractivity (Wildman–Crippen MR) is 149 cm³/mol. The summed E-state index contributed by atoms with van der Waals surface area (Å²) in [5.74, 6) is 1.12. The van der Waals surface area contributed by atoms with Crippen molar-refractivity contribution in [1.82, 2.24) is 9.47 Å². The fourth-order valence-electron chi connectivity index (χ4n) is 5.17. The number of piperidine rings is 1. The third-order valence-corrected chi connectivity index (χ3v) is 8.47. The number of anilines is 1. The van der Waals surface area contributed by atoms with E-state index in [9.17, 15) is 9.59 Å². The smallest absolute Gasteiger partial charge is 0.250 e. The topological polar surface area (TPSA) is 63.6 Å². The van der Waals surface area contributed by atoms with Crippen LogP contribution in [0.4, 0.5) is 5.69 Å². The number of benzene rings is 2. The van der Waals surface area contributed by atoms with E-state index in [2.05, 4.69) is 16.3 Å². The highest BCUT2D eigenvalue weighted by atomic mass is 32.2. The lowest BCUT2D eigenvalue weighted by Gasteiger charge is -2.43.